The Labute approximate surface area is 160 Å². The zero-order valence-electron chi connectivity index (χ0n) is 15.5. The van der Waals surface area contributed by atoms with Gasteiger partial charge in [0, 0.05) is 38.8 Å². The molecule has 2 saturated heterocycles. The van der Waals surface area contributed by atoms with Crippen LogP contribution in [0.15, 0.2) is 24.4 Å². The highest BCUT2D eigenvalue weighted by molar-refractivity contribution is 7.88. The molecule has 0 aliphatic carbocycles. The molecule has 1 aromatic rings. The first kappa shape index (κ1) is 19.8. The zero-order chi connectivity index (χ0) is 19.4. The number of carbonyl (C=O) groups is 2. The third-order valence-corrected chi connectivity index (χ3v) is 6.57. The third-order valence-electron chi connectivity index (χ3n) is 5.27. The van der Waals surface area contributed by atoms with Crippen molar-refractivity contribution in [3.8, 4) is 0 Å². The van der Waals surface area contributed by atoms with Crippen LogP contribution in [0.5, 0.6) is 0 Å². The summed E-state index contributed by atoms with van der Waals surface area (Å²) in [5, 5.41) is 2.95. The summed E-state index contributed by atoms with van der Waals surface area (Å²) >= 11 is 0. The van der Waals surface area contributed by atoms with Gasteiger partial charge in [0.2, 0.25) is 21.8 Å². The highest BCUT2D eigenvalue weighted by atomic mass is 32.2. The molecule has 0 spiro atoms. The predicted molar refractivity (Wildman–Crippen MR) is 99.9 cm³/mol. The minimum Gasteiger partial charge on any atom is -0.356 e. The molecular weight excluding hydrogens is 368 g/mol. The SMILES string of the molecule is CS(=O)(=O)N1CCC(CNC(=O)C2CC(=O)N(Cc3ccccn3)C2)CC1. The summed E-state index contributed by atoms with van der Waals surface area (Å²) in [6.45, 7) is 2.36. The van der Waals surface area contributed by atoms with Gasteiger partial charge in [-0.1, -0.05) is 6.07 Å². The molecular formula is C18H26N4O4S. The fourth-order valence-corrected chi connectivity index (χ4v) is 4.50. The van der Waals surface area contributed by atoms with Gasteiger partial charge in [-0.25, -0.2) is 12.7 Å². The van der Waals surface area contributed by atoms with Crippen molar-refractivity contribution < 1.29 is 18.0 Å². The van der Waals surface area contributed by atoms with Gasteiger partial charge in [0.15, 0.2) is 0 Å². The predicted octanol–water partition coefficient (Wildman–Crippen LogP) is 0.218. The van der Waals surface area contributed by atoms with Crippen molar-refractivity contribution in [1.82, 2.24) is 19.5 Å². The molecule has 8 nitrogen and oxygen atoms in total. The van der Waals surface area contributed by atoms with Crippen molar-refractivity contribution >= 4 is 21.8 Å². The van der Waals surface area contributed by atoms with E-state index in [1.54, 1.807) is 11.1 Å². The van der Waals surface area contributed by atoms with E-state index in [2.05, 4.69) is 10.3 Å². The smallest absolute Gasteiger partial charge is 0.225 e. The Hall–Kier alpha value is -2.00. The Balaban J connectivity index is 1.43. The van der Waals surface area contributed by atoms with E-state index >= 15 is 0 Å². The molecule has 1 aromatic heterocycles. The van der Waals surface area contributed by atoms with Gasteiger partial charge in [-0.2, -0.15) is 0 Å². The van der Waals surface area contributed by atoms with Crippen molar-refractivity contribution in [3.63, 3.8) is 0 Å². The summed E-state index contributed by atoms with van der Waals surface area (Å²) in [4.78, 5) is 30.5. The van der Waals surface area contributed by atoms with Crippen LogP contribution in [-0.2, 0) is 26.2 Å². The topological polar surface area (TPSA) is 99.7 Å². The molecule has 27 heavy (non-hydrogen) atoms. The number of piperidine rings is 1. The van der Waals surface area contributed by atoms with Gasteiger partial charge in [-0.15, -0.1) is 0 Å². The molecule has 2 amide bonds. The lowest BCUT2D eigenvalue weighted by Gasteiger charge is -2.30. The maximum absolute atomic E-state index is 12.4. The minimum atomic E-state index is -3.13. The number of sulfonamides is 1. The largest absolute Gasteiger partial charge is 0.356 e. The van der Waals surface area contributed by atoms with Crippen LogP contribution in [0.3, 0.4) is 0 Å². The molecule has 2 aliphatic heterocycles. The quantitative estimate of drug-likeness (QED) is 0.744. The molecule has 3 heterocycles. The Kier molecular flexibility index (Phi) is 6.11. The molecule has 0 radical (unpaired) electrons. The van der Waals surface area contributed by atoms with Crippen molar-refractivity contribution in [2.24, 2.45) is 11.8 Å². The second-order valence-electron chi connectivity index (χ2n) is 7.35. The first-order valence-electron chi connectivity index (χ1n) is 9.23. The van der Waals surface area contributed by atoms with Crippen molar-refractivity contribution in [2.75, 3.05) is 32.4 Å². The maximum Gasteiger partial charge on any atom is 0.225 e. The fraction of sp³-hybridized carbons (Fsp3) is 0.611. The molecule has 0 bridgehead atoms. The van der Waals surface area contributed by atoms with Gasteiger partial charge < -0.3 is 10.2 Å². The monoisotopic (exact) mass is 394 g/mol. The average Bonchev–Trinajstić information content (AvgIpc) is 3.01. The van der Waals surface area contributed by atoms with Crippen LogP contribution in [0.25, 0.3) is 0 Å². The van der Waals surface area contributed by atoms with Crippen LogP contribution in [0, 0.1) is 11.8 Å². The van der Waals surface area contributed by atoms with E-state index in [0.717, 1.165) is 18.5 Å². The Morgan fingerprint density at radius 2 is 2.04 bits per heavy atom. The summed E-state index contributed by atoms with van der Waals surface area (Å²) in [6, 6.07) is 5.57. The van der Waals surface area contributed by atoms with E-state index in [1.165, 1.54) is 10.6 Å². The third kappa shape index (κ3) is 5.26. The average molecular weight is 394 g/mol. The number of likely N-dealkylation sites (tertiary alicyclic amines) is 1. The molecule has 2 aliphatic rings. The van der Waals surface area contributed by atoms with E-state index in [-0.39, 0.29) is 30.1 Å². The van der Waals surface area contributed by atoms with Gasteiger partial charge in [0.25, 0.3) is 0 Å². The second-order valence-corrected chi connectivity index (χ2v) is 9.33. The van der Waals surface area contributed by atoms with Crippen LogP contribution in [0.1, 0.15) is 25.0 Å². The van der Waals surface area contributed by atoms with E-state index in [0.29, 0.717) is 32.7 Å². The number of amides is 2. The maximum atomic E-state index is 12.4. The lowest BCUT2D eigenvalue weighted by atomic mass is 9.97. The number of rotatable bonds is 6. The van der Waals surface area contributed by atoms with Crippen LogP contribution in [-0.4, -0.2) is 66.9 Å². The molecule has 3 rings (SSSR count). The Bertz CT molecular complexity index is 776. The summed E-state index contributed by atoms with van der Waals surface area (Å²) < 4.78 is 24.6. The first-order valence-corrected chi connectivity index (χ1v) is 11.1. The molecule has 9 heteroatoms. The summed E-state index contributed by atoms with van der Waals surface area (Å²) in [7, 11) is -3.13. The van der Waals surface area contributed by atoms with E-state index in [1.807, 2.05) is 18.2 Å². The van der Waals surface area contributed by atoms with Crippen LogP contribution < -0.4 is 5.32 Å². The van der Waals surface area contributed by atoms with Gasteiger partial charge in [-0.3, -0.25) is 14.6 Å². The van der Waals surface area contributed by atoms with Crippen molar-refractivity contribution in [1.29, 1.82) is 0 Å². The van der Waals surface area contributed by atoms with Gasteiger partial charge >= 0.3 is 0 Å². The number of hydrogen-bond acceptors (Lipinski definition) is 5. The number of pyridine rings is 1. The normalized spacial score (nSPS) is 22.2. The van der Waals surface area contributed by atoms with Gasteiger partial charge in [0.05, 0.1) is 24.4 Å². The minimum absolute atomic E-state index is 0.0257. The zero-order valence-corrected chi connectivity index (χ0v) is 16.3. The highest BCUT2D eigenvalue weighted by Gasteiger charge is 2.34. The van der Waals surface area contributed by atoms with E-state index < -0.39 is 10.0 Å². The first-order chi connectivity index (χ1) is 12.8. The number of nitrogens with one attached hydrogen (secondary N) is 1. The summed E-state index contributed by atoms with van der Waals surface area (Å²) in [5.74, 6) is -0.189. The molecule has 0 saturated carbocycles. The standard InChI is InChI=1S/C18H26N4O4S/c1-27(25,26)22-8-5-14(6-9-22)11-20-18(24)15-10-17(23)21(12-15)13-16-4-2-3-7-19-16/h2-4,7,14-15H,5-6,8-13H2,1H3,(H,20,24). The molecule has 2 fully saturated rings. The number of nitrogens with zero attached hydrogens (tertiary/aromatic N) is 3. The second kappa shape index (κ2) is 8.35. The summed E-state index contributed by atoms with van der Waals surface area (Å²) in [6.07, 6.45) is 4.62. The lowest BCUT2D eigenvalue weighted by molar-refractivity contribution is -0.129. The molecule has 0 aromatic carbocycles. The molecule has 1 atom stereocenters. The lowest BCUT2D eigenvalue weighted by Crippen LogP contribution is -2.42. The van der Waals surface area contributed by atoms with Crippen LogP contribution >= 0.6 is 0 Å². The van der Waals surface area contributed by atoms with E-state index in [4.69, 9.17) is 0 Å². The number of hydrogen-bond donors (Lipinski definition) is 1. The Morgan fingerprint density at radius 1 is 1.30 bits per heavy atom. The highest BCUT2D eigenvalue weighted by Crippen LogP contribution is 2.21. The molecule has 148 valence electrons. The summed E-state index contributed by atoms with van der Waals surface area (Å²) in [5.41, 5.74) is 0.810. The molecule has 1 N–H and O–H groups in total. The number of carbonyl (C=O) groups excluding carboxylic acids is 2. The fourth-order valence-electron chi connectivity index (χ4n) is 3.62. The van der Waals surface area contributed by atoms with Gasteiger partial charge in [-0.05, 0) is 30.9 Å². The van der Waals surface area contributed by atoms with Crippen molar-refractivity contribution in [2.45, 2.75) is 25.8 Å². The molecule has 1 unspecified atom stereocenters. The van der Waals surface area contributed by atoms with E-state index in [9.17, 15) is 18.0 Å². The van der Waals surface area contributed by atoms with Crippen molar-refractivity contribution in [3.05, 3.63) is 30.1 Å². The van der Waals surface area contributed by atoms with Crippen LogP contribution in [0.2, 0.25) is 0 Å². The number of aromatic nitrogens is 1. The van der Waals surface area contributed by atoms with Crippen LogP contribution in [0.4, 0.5) is 0 Å². The Morgan fingerprint density at radius 3 is 2.67 bits per heavy atom. The van der Waals surface area contributed by atoms with Gasteiger partial charge in [0.1, 0.15) is 0 Å².